The minimum atomic E-state index is -0.272. The van der Waals surface area contributed by atoms with Gasteiger partial charge in [-0.1, -0.05) is 35.9 Å². The van der Waals surface area contributed by atoms with Gasteiger partial charge in [-0.2, -0.15) is 0 Å². The first-order valence-corrected chi connectivity index (χ1v) is 8.43. The van der Waals surface area contributed by atoms with Crippen molar-refractivity contribution in [3.63, 3.8) is 0 Å². The highest BCUT2D eigenvalue weighted by atomic mass is 35.5. The first-order valence-electron chi connectivity index (χ1n) is 8.05. The van der Waals surface area contributed by atoms with Crippen LogP contribution in [0.15, 0.2) is 65.1 Å². The molecule has 26 heavy (non-hydrogen) atoms. The molecule has 2 aromatic carbocycles. The summed E-state index contributed by atoms with van der Waals surface area (Å²) >= 11 is 6.16. The second kappa shape index (κ2) is 7.93. The molecule has 0 saturated carbocycles. The maximum Gasteiger partial charge on any atom is 0.248 e. The number of amides is 1. The van der Waals surface area contributed by atoms with E-state index in [9.17, 15) is 4.79 Å². The summed E-state index contributed by atoms with van der Waals surface area (Å²) in [4.78, 5) is 12.1. The molecule has 0 radical (unpaired) electrons. The van der Waals surface area contributed by atoms with E-state index in [2.05, 4.69) is 5.32 Å². The lowest BCUT2D eigenvalue weighted by atomic mass is 10.1. The first-order chi connectivity index (χ1) is 12.6. The molecule has 1 N–H and O–H groups in total. The van der Waals surface area contributed by atoms with E-state index < -0.39 is 0 Å². The lowest BCUT2D eigenvalue weighted by molar-refractivity contribution is -0.111. The van der Waals surface area contributed by atoms with Crippen molar-refractivity contribution >= 4 is 29.3 Å². The van der Waals surface area contributed by atoms with Gasteiger partial charge in [0.15, 0.2) is 0 Å². The average molecular weight is 368 g/mol. The zero-order chi connectivity index (χ0) is 18.5. The summed E-state index contributed by atoms with van der Waals surface area (Å²) in [6, 6.07) is 16.6. The molecule has 0 atom stereocenters. The number of carbonyl (C=O) groups is 1. The summed E-state index contributed by atoms with van der Waals surface area (Å²) in [6.07, 6.45) is 3.03. The van der Waals surface area contributed by atoms with Crippen LogP contribution in [0.3, 0.4) is 0 Å². The molecule has 0 saturated heterocycles. The van der Waals surface area contributed by atoms with Crippen LogP contribution in [0.5, 0.6) is 5.75 Å². The number of benzene rings is 2. The van der Waals surface area contributed by atoms with Crippen molar-refractivity contribution < 1.29 is 13.9 Å². The zero-order valence-electron chi connectivity index (χ0n) is 14.5. The van der Waals surface area contributed by atoms with Crippen LogP contribution in [-0.4, -0.2) is 13.0 Å². The summed E-state index contributed by atoms with van der Waals surface area (Å²) in [5.41, 5.74) is 2.51. The molecule has 4 nitrogen and oxygen atoms in total. The molecule has 0 aliphatic heterocycles. The van der Waals surface area contributed by atoms with Crippen LogP contribution in [0.25, 0.3) is 17.4 Å². The lowest BCUT2D eigenvalue weighted by Gasteiger charge is -2.07. The normalized spacial score (nSPS) is 10.9. The predicted molar refractivity (Wildman–Crippen MR) is 105 cm³/mol. The quantitative estimate of drug-likeness (QED) is 0.600. The van der Waals surface area contributed by atoms with Crippen molar-refractivity contribution in [3.05, 3.63) is 77.0 Å². The van der Waals surface area contributed by atoms with Crippen molar-refractivity contribution in [1.82, 2.24) is 0 Å². The van der Waals surface area contributed by atoms with Crippen LogP contribution in [-0.2, 0) is 4.79 Å². The lowest BCUT2D eigenvalue weighted by Crippen LogP contribution is -2.08. The Bertz CT molecular complexity index is 959. The minimum absolute atomic E-state index is 0.272. The number of para-hydroxylation sites is 2. The van der Waals surface area contributed by atoms with E-state index in [0.717, 1.165) is 11.1 Å². The first kappa shape index (κ1) is 17.8. The van der Waals surface area contributed by atoms with E-state index in [4.69, 9.17) is 20.8 Å². The van der Waals surface area contributed by atoms with Crippen LogP contribution >= 0.6 is 11.6 Å². The minimum Gasteiger partial charge on any atom is -0.495 e. The SMILES string of the molecule is COc1ccccc1NC(=O)/C=C/c1ccc(-c2ccc(C)c(Cl)c2)o1. The topological polar surface area (TPSA) is 51.5 Å². The predicted octanol–water partition coefficient (Wildman–Crippen LogP) is 5.57. The third-order valence-corrected chi connectivity index (χ3v) is 4.25. The Labute approximate surface area is 157 Å². The fourth-order valence-electron chi connectivity index (χ4n) is 2.42. The van der Waals surface area contributed by atoms with E-state index in [-0.39, 0.29) is 5.91 Å². The van der Waals surface area contributed by atoms with Gasteiger partial charge in [0.2, 0.25) is 5.91 Å². The number of furan rings is 1. The summed E-state index contributed by atoms with van der Waals surface area (Å²) in [6.45, 7) is 1.95. The second-order valence-corrected chi connectivity index (χ2v) is 6.10. The molecular weight excluding hydrogens is 350 g/mol. The number of halogens is 1. The average Bonchev–Trinajstić information content (AvgIpc) is 3.12. The van der Waals surface area contributed by atoms with E-state index in [0.29, 0.717) is 28.0 Å². The smallest absolute Gasteiger partial charge is 0.248 e. The van der Waals surface area contributed by atoms with E-state index >= 15 is 0 Å². The fraction of sp³-hybridized carbons (Fsp3) is 0.0952. The molecule has 3 aromatic rings. The summed E-state index contributed by atoms with van der Waals surface area (Å²) in [7, 11) is 1.56. The number of ether oxygens (including phenoxy) is 1. The molecule has 0 aliphatic rings. The van der Waals surface area contributed by atoms with Gasteiger partial charge in [0.05, 0.1) is 12.8 Å². The van der Waals surface area contributed by atoms with Gasteiger partial charge in [0, 0.05) is 16.7 Å². The number of rotatable bonds is 5. The third kappa shape index (κ3) is 4.16. The van der Waals surface area contributed by atoms with Gasteiger partial charge in [-0.05, 0) is 48.9 Å². The Hall–Kier alpha value is -2.98. The highest BCUT2D eigenvalue weighted by Crippen LogP contribution is 2.27. The second-order valence-electron chi connectivity index (χ2n) is 5.69. The molecular formula is C21H18ClNO3. The number of carbonyl (C=O) groups excluding carboxylic acids is 1. The molecule has 1 heterocycles. The van der Waals surface area contributed by atoms with Crippen LogP contribution in [0, 0.1) is 6.92 Å². The number of hydrogen-bond acceptors (Lipinski definition) is 3. The number of methoxy groups -OCH3 is 1. The van der Waals surface area contributed by atoms with Crippen molar-refractivity contribution in [3.8, 4) is 17.1 Å². The molecule has 0 aliphatic carbocycles. The number of aryl methyl sites for hydroxylation is 1. The van der Waals surface area contributed by atoms with Crippen LogP contribution in [0.4, 0.5) is 5.69 Å². The Kier molecular flexibility index (Phi) is 5.44. The number of anilines is 1. The molecule has 0 fully saturated rings. The zero-order valence-corrected chi connectivity index (χ0v) is 15.2. The molecule has 0 spiro atoms. The number of nitrogens with one attached hydrogen (secondary N) is 1. The summed E-state index contributed by atoms with van der Waals surface area (Å²) < 4.78 is 11.0. The molecule has 5 heteroatoms. The Morgan fingerprint density at radius 3 is 2.73 bits per heavy atom. The maximum atomic E-state index is 12.1. The monoisotopic (exact) mass is 367 g/mol. The molecule has 132 valence electrons. The van der Waals surface area contributed by atoms with Crippen LogP contribution in [0.1, 0.15) is 11.3 Å². The summed E-state index contributed by atoms with van der Waals surface area (Å²) in [5, 5.41) is 3.46. The molecule has 3 rings (SSSR count). The molecule has 0 unspecified atom stereocenters. The number of hydrogen-bond donors (Lipinski definition) is 1. The van der Waals surface area contributed by atoms with Crippen LogP contribution in [0.2, 0.25) is 5.02 Å². The fourth-order valence-corrected chi connectivity index (χ4v) is 2.60. The largest absolute Gasteiger partial charge is 0.495 e. The Morgan fingerprint density at radius 2 is 1.96 bits per heavy atom. The maximum absolute atomic E-state index is 12.1. The van der Waals surface area contributed by atoms with E-state index in [1.165, 1.54) is 6.08 Å². The Morgan fingerprint density at radius 1 is 1.15 bits per heavy atom. The van der Waals surface area contributed by atoms with E-state index in [1.807, 2.05) is 43.3 Å². The van der Waals surface area contributed by atoms with Gasteiger partial charge < -0.3 is 14.5 Å². The van der Waals surface area contributed by atoms with Crippen molar-refractivity contribution in [1.29, 1.82) is 0 Å². The van der Waals surface area contributed by atoms with Gasteiger partial charge in [0.1, 0.15) is 17.3 Å². The van der Waals surface area contributed by atoms with Gasteiger partial charge >= 0.3 is 0 Å². The molecule has 1 amide bonds. The van der Waals surface area contributed by atoms with Gasteiger partial charge in [-0.25, -0.2) is 0 Å². The summed E-state index contributed by atoms with van der Waals surface area (Å²) in [5.74, 6) is 1.60. The standard InChI is InChI=1S/C21H18ClNO3/c1-14-7-8-15(13-17(14)22)19-11-9-16(26-19)10-12-21(24)23-18-5-3-4-6-20(18)25-2/h3-13H,1-2H3,(H,23,24)/b12-10+. The van der Waals surface area contributed by atoms with Gasteiger partial charge in [-0.15, -0.1) is 0 Å². The highest BCUT2D eigenvalue weighted by Gasteiger charge is 2.07. The van der Waals surface area contributed by atoms with Crippen molar-refractivity contribution in [2.75, 3.05) is 12.4 Å². The van der Waals surface area contributed by atoms with Crippen molar-refractivity contribution in [2.45, 2.75) is 6.92 Å². The van der Waals surface area contributed by atoms with Gasteiger partial charge in [-0.3, -0.25) is 4.79 Å². The Balaban J connectivity index is 1.70. The third-order valence-electron chi connectivity index (χ3n) is 3.85. The molecule has 1 aromatic heterocycles. The van der Waals surface area contributed by atoms with E-state index in [1.54, 1.807) is 31.4 Å². The van der Waals surface area contributed by atoms with Crippen molar-refractivity contribution in [2.24, 2.45) is 0 Å². The van der Waals surface area contributed by atoms with Crippen LogP contribution < -0.4 is 10.1 Å². The highest BCUT2D eigenvalue weighted by molar-refractivity contribution is 6.31. The molecule has 0 bridgehead atoms. The van der Waals surface area contributed by atoms with Gasteiger partial charge in [0.25, 0.3) is 0 Å².